The molecule has 0 radical (unpaired) electrons. The van der Waals surface area contributed by atoms with Gasteiger partial charge in [-0.25, -0.2) is 0 Å². The minimum atomic E-state index is 0. The number of rotatable bonds is 7. The van der Waals surface area contributed by atoms with E-state index in [9.17, 15) is 4.79 Å². The number of anilines is 1. The van der Waals surface area contributed by atoms with E-state index in [2.05, 4.69) is 59.6 Å². The van der Waals surface area contributed by atoms with Gasteiger partial charge in [0.2, 0.25) is 5.91 Å². The van der Waals surface area contributed by atoms with E-state index in [0.717, 1.165) is 24.7 Å². The van der Waals surface area contributed by atoms with Crippen molar-refractivity contribution in [1.82, 2.24) is 15.5 Å². The van der Waals surface area contributed by atoms with Crippen molar-refractivity contribution in [3.05, 3.63) is 29.8 Å². The lowest BCUT2D eigenvalue weighted by molar-refractivity contribution is -0.116. The lowest BCUT2D eigenvalue weighted by atomic mass is 9.90. The van der Waals surface area contributed by atoms with Gasteiger partial charge in [-0.2, -0.15) is 0 Å². The van der Waals surface area contributed by atoms with Gasteiger partial charge in [-0.05, 0) is 39.3 Å². The number of para-hydroxylation sites is 1. The molecule has 0 saturated carbocycles. The summed E-state index contributed by atoms with van der Waals surface area (Å²) < 4.78 is 0. The molecule has 0 spiro atoms. The van der Waals surface area contributed by atoms with Gasteiger partial charge in [-0.3, -0.25) is 14.7 Å². The van der Waals surface area contributed by atoms with Crippen LogP contribution in [-0.2, 0) is 4.79 Å². The molecule has 6 nitrogen and oxygen atoms in total. The molecular weight excluding hydrogens is 453 g/mol. The van der Waals surface area contributed by atoms with Crippen molar-refractivity contribution < 1.29 is 4.79 Å². The number of hydrogen-bond donors (Lipinski definition) is 3. The Bertz CT molecular complexity index is 625. The highest BCUT2D eigenvalue weighted by atomic mass is 127. The summed E-state index contributed by atoms with van der Waals surface area (Å²) >= 11 is 0. The molecule has 0 aromatic heterocycles. The summed E-state index contributed by atoms with van der Waals surface area (Å²) in [4.78, 5) is 18.7. The third-order valence-corrected chi connectivity index (χ3v) is 4.84. The van der Waals surface area contributed by atoms with Crippen LogP contribution in [-0.4, -0.2) is 55.5 Å². The van der Waals surface area contributed by atoms with Gasteiger partial charge in [0.15, 0.2) is 5.96 Å². The summed E-state index contributed by atoms with van der Waals surface area (Å²) in [6, 6.07) is 9.04. The Morgan fingerprint density at radius 3 is 2.52 bits per heavy atom. The van der Waals surface area contributed by atoms with E-state index in [-0.39, 0.29) is 35.8 Å². The minimum absolute atomic E-state index is 0. The van der Waals surface area contributed by atoms with Crippen LogP contribution in [0.5, 0.6) is 0 Å². The molecule has 1 aliphatic heterocycles. The number of nitrogens with zero attached hydrogens (tertiary/aromatic N) is 2. The van der Waals surface area contributed by atoms with Crippen molar-refractivity contribution >= 4 is 41.5 Å². The molecule has 0 aliphatic carbocycles. The predicted molar refractivity (Wildman–Crippen MR) is 124 cm³/mol. The van der Waals surface area contributed by atoms with Gasteiger partial charge in [0, 0.05) is 56.8 Å². The average Bonchev–Trinajstić information content (AvgIpc) is 2.60. The van der Waals surface area contributed by atoms with E-state index in [1.54, 1.807) is 7.05 Å². The molecule has 1 aromatic rings. The second-order valence-electron chi connectivity index (χ2n) is 7.34. The van der Waals surface area contributed by atoms with Gasteiger partial charge in [0.25, 0.3) is 0 Å². The Morgan fingerprint density at radius 1 is 1.22 bits per heavy atom. The van der Waals surface area contributed by atoms with E-state index < -0.39 is 0 Å². The Morgan fingerprint density at radius 2 is 1.89 bits per heavy atom. The van der Waals surface area contributed by atoms with Gasteiger partial charge in [-0.1, -0.05) is 18.2 Å². The number of carbonyl (C=O) groups excluding carboxylic acids is 1. The highest BCUT2D eigenvalue weighted by Crippen LogP contribution is 2.31. The van der Waals surface area contributed by atoms with Crippen molar-refractivity contribution in [2.75, 3.05) is 32.0 Å². The zero-order valence-electron chi connectivity index (χ0n) is 17.1. The summed E-state index contributed by atoms with van der Waals surface area (Å²) in [7, 11) is 1.78. The maximum absolute atomic E-state index is 11.9. The molecule has 1 aromatic carbocycles. The highest BCUT2D eigenvalue weighted by Gasteiger charge is 2.24. The predicted octanol–water partition coefficient (Wildman–Crippen LogP) is 3.01. The van der Waals surface area contributed by atoms with Crippen molar-refractivity contribution in [1.29, 1.82) is 0 Å². The summed E-state index contributed by atoms with van der Waals surface area (Å²) in [5, 5.41) is 9.70. The summed E-state index contributed by atoms with van der Waals surface area (Å²) in [6.45, 7) is 11.4. The molecule has 0 bridgehead atoms. The van der Waals surface area contributed by atoms with E-state index in [1.165, 1.54) is 5.56 Å². The Hall–Kier alpha value is -1.35. The van der Waals surface area contributed by atoms with Crippen LogP contribution in [0.2, 0.25) is 0 Å². The summed E-state index contributed by atoms with van der Waals surface area (Å²) in [5.74, 6) is 1.00. The molecule has 27 heavy (non-hydrogen) atoms. The fourth-order valence-corrected chi connectivity index (χ4v) is 3.54. The molecule has 0 fully saturated rings. The van der Waals surface area contributed by atoms with E-state index in [4.69, 9.17) is 0 Å². The van der Waals surface area contributed by atoms with Gasteiger partial charge in [-0.15, -0.1) is 24.0 Å². The van der Waals surface area contributed by atoms with Crippen molar-refractivity contribution in [3.8, 4) is 0 Å². The van der Waals surface area contributed by atoms with Crippen LogP contribution >= 0.6 is 24.0 Å². The van der Waals surface area contributed by atoms with Crippen LogP contribution in [0.1, 0.15) is 45.6 Å². The first-order valence-electron chi connectivity index (χ1n) is 9.51. The molecule has 1 unspecified atom stereocenters. The fraction of sp³-hybridized carbons (Fsp3) is 0.600. The van der Waals surface area contributed by atoms with Gasteiger partial charge in [0.05, 0.1) is 0 Å². The molecular formula is C20H34IN5O. The molecule has 7 heteroatoms. The molecule has 1 atom stereocenters. The zero-order valence-corrected chi connectivity index (χ0v) is 19.4. The number of hydrogen-bond acceptors (Lipinski definition) is 3. The number of fused-ring (bicyclic) bond motifs is 1. The number of amides is 1. The van der Waals surface area contributed by atoms with Crippen LogP contribution < -0.4 is 16.0 Å². The smallest absolute Gasteiger partial charge is 0.225 e. The zero-order chi connectivity index (χ0) is 19.1. The third kappa shape index (κ3) is 6.95. The van der Waals surface area contributed by atoms with Crippen molar-refractivity contribution in [2.45, 2.75) is 52.1 Å². The number of guanidine groups is 1. The topological polar surface area (TPSA) is 68.8 Å². The SMILES string of the molecule is CN=C(NCCN(C(C)C)C(C)C)NCC1CC(=O)Nc2ccccc21.I. The number of benzene rings is 1. The molecule has 1 amide bonds. The van der Waals surface area contributed by atoms with Crippen LogP contribution in [0.25, 0.3) is 0 Å². The Labute approximate surface area is 180 Å². The summed E-state index contributed by atoms with van der Waals surface area (Å²) in [5.41, 5.74) is 2.10. The lowest BCUT2D eigenvalue weighted by Crippen LogP contribution is -2.46. The minimum Gasteiger partial charge on any atom is -0.356 e. The normalized spacial score (nSPS) is 16.8. The first-order valence-corrected chi connectivity index (χ1v) is 9.51. The molecule has 0 saturated heterocycles. The summed E-state index contributed by atoms with van der Waals surface area (Å²) in [6.07, 6.45) is 0.496. The van der Waals surface area contributed by atoms with Gasteiger partial charge >= 0.3 is 0 Å². The largest absolute Gasteiger partial charge is 0.356 e. The fourth-order valence-electron chi connectivity index (χ4n) is 3.54. The van der Waals surface area contributed by atoms with Crippen molar-refractivity contribution in [3.63, 3.8) is 0 Å². The molecule has 152 valence electrons. The number of aliphatic imine (C=N–C) groups is 1. The standard InChI is InChI=1S/C20H33N5O.HI/c1-14(2)25(15(3)4)11-10-22-20(21-5)23-13-16-12-19(26)24-18-9-7-6-8-17(16)18;/h6-9,14-16H,10-13H2,1-5H3,(H,24,26)(H2,21,22,23);1H. The second-order valence-corrected chi connectivity index (χ2v) is 7.34. The van der Waals surface area contributed by atoms with E-state index in [1.807, 2.05) is 18.2 Å². The van der Waals surface area contributed by atoms with Crippen LogP contribution in [0.3, 0.4) is 0 Å². The maximum Gasteiger partial charge on any atom is 0.225 e. The molecule has 1 aliphatic rings. The average molecular weight is 487 g/mol. The first-order chi connectivity index (χ1) is 12.4. The number of nitrogens with one attached hydrogen (secondary N) is 3. The third-order valence-electron chi connectivity index (χ3n) is 4.84. The number of halogens is 1. The van der Waals surface area contributed by atoms with Gasteiger partial charge < -0.3 is 16.0 Å². The van der Waals surface area contributed by atoms with Crippen LogP contribution in [0.4, 0.5) is 5.69 Å². The van der Waals surface area contributed by atoms with Crippen LogP contribution in [0, 0.1) is 0 Å². The van der Waals surface area contributed by atoms with E-state index in [0.29, 0.717) is 25.0 Å². The Balaban J connectivity index is 0.00000364. The lowest BCUT2D eigenvalue weighted by Gasteiger charge is -2.31. The monoisotopic (exact) mass is 487 g/mol. The molecule has 2 rings (SSSR count). The second kappa shape index (κ2) is 11.5. The van der Waals surface area contributed by atoms with Crippen molar-refractivity contribution in [2.24, 2.45) is 4.99 Å². The van der Waals surface area contributed by atoms with E-state index >= 15 is 0 Å². The molecule has 1 heterocycles. The molecule has 3 N–H and O–H groups in total. The first kappa shape index (κ1) is 23.7. The maximum atomic E-state index is 11.9. The van der Waals surface area contributed by atoms with Crippen LogP contribution in [0.15, 0.2) is 29.3 Å². The van der Waals surface area contributed by atoms with Gasteiger partial charge in [0.1, 0.15) is 0 Å². The quantitative estimate of drug-likeness (QED) is 0.314. The number of carbonyl (C=O) groups is 1. The Kier molecular flexibility index (Phi) is 10.1. The highest BCUT2D eigenvalue weighted by molar-refractivity contribution is 14.0.